The molecular weight excluding hydrogens is 290 g/mol. The molecule has 0 fully saturated rings. The predicted molar refractivity (Wildman–Crippen MR) is 105 cm³/mol. The maximum atomic E-state index is 4.85. The molecule has 0 heterocycles. The molecule has 0 unspecified atom stereocenters. The summed E-state index contributed by atoms with van der Waals surface area (Å²) in [6.45, 7) is 4.22. The number of rotatable bonds is 2. The molecule has 0 bridgehead atoms. The van der Waals surface area contributed by atoms with Gasteiger partial charge in [-0.3, -0.25) is 4.99 Å². The fourth-order valence-corrected chi connectivity index (χ4v) is 3.33. The Hall–Kier alpha value is -2.93. The molecule has 24 heavy (non-hydrogen) atoms. The van der Waals surface area contributed by atoms with Gasteiger partial charge < -0.3 is 0 Å². The van der Waals surface area contributed by atoms with Crippen molar-refractivity contribution in [1.29, 1.82) is 0 Å². The molecular formula is C23H19N. The van der Waals surface area contributed by atoms with Gasteiger partial charge in [0.25, 0.3) is 0 Å². The van der Waals surface area contributed by atoms with E-state index in [4.69, 9.17) is 4.99 Å². The Morgan fingerprint density at radius 2 is 1.21 bits per heavy atom. The first kappa shape index (κ1) is 14.6. The molecule has 0 radical (unpaired) electrons. The summed E-state index contributed by atoms with van der Waals surface area (Å²) in [5, 5.41) is 4.98. The van der Waals surface area contributed by atoms with Crippen LogP contribution < -0.4 is 0 Å². The van der Waals surface area contributed by atoms with Crippen molar-refractivity contribution in [2.45, 2.75) is 13.8 Å². The monoisotopic (exact) mass is 309 g/mol. The average Bonchev–Trinajstić information content (AvgIpc) is 2.60. The highest BCUT2D eigenvalue weighted by molar-refractivity contribution is 6.13. The minimum absolute atomic E-state index is 1.06. The molecule has 0 aliphatic carbocycles. The molecule has 0 atom stereocenters. The SMILES string of the molecule is Cc1cccc(C)c1N=Cc1c2ccccc2cc2ccccc12. The second-order valence-corrected chi connectivity index (χ2v) is 6.23. The maximum absolute atomic E-state index is 4.85. The van der Waals surface area contributed by atoms with Gasteiger partial charge in [0, 0.05) is 11.8 Å². The van der Waals surface area contributed by atoms with Crippen molar-refractivity contribution in [3.63, 3.8) is 0 Å². The number of benzene rings is 4. The molecule has 4 aromatic rings. The molecule has 0 aliphatic rings. The average molecular weight is 309 g/mol. The van der Waals surface area contributed by atoms with Crippen LogP contribution in [0.3, 0.4) is 0 Å². The Morgan fingerprint density at radius 1 is 0.667 bits per heavy atom. The zero-order valence-electron chi connectivity index (χ0n) is 14.0. The van der Waals surface area contributed by atoms with Crippen LogP contribution in [0, 0.1) is 13.8 Å². The Labute approximate surface area is 142 Å². The molecule has 0 amide bonds. The molecule has 4 aromatic carbocycles. The van der Waals surface area contributed by atoms with Crippen LogP contribution in [-0.2, 0) is 0 Å². The van der Waals surface area contributed by atoms with E-state index >= 15 is 0 Å². The van der Waals surface area contributed by atoms with E-state index in [9.17, 15) is 0 Å². The smallest absolute Gasteiger partial charge is 0.0688 e. The van der Waals surface area contributed by atoms with Crippen LogP contribution in [0.15, 0.2) is 77.8 Å². The van der Waals surface area contributed by atoms with Crippen LogP contribution in [0.4, 0.5) is 5.69 Å². The second kappa shape index (κ2) is 5.93. The van der Waals surface area contributed by atoms with Crippen molar-refractivity contribution in [2.75, 3.05) is 0 Å². The lowest BCUT2D eigenvalue weighted by Crippen LogP contribution is -1.89. The van der Waals surface area contributed by atoms with E-state index < -0.39 is 0 Å². The molecule has 1 nitrogen and oxygen atoms in total. The largest absolute Gasteiger partial charge is 0.256 e. The molecule has 0 aromatic heterocycles. The predicted octanol–water partition coefficient (Wildman–Crippen LogP) is 6.36. The third kappa shape index (κ3) is 2.48. The first-order chi connectivity index (χ1) is 11.7. The third-order valence-corrected chi connectivity index (χ3v) is 4.58. The molecule has 116 valence electrons. The number of para-hydroxylation sites is 1. The summed E-state index contributed by atoms with van der Waals surface area (Å²) >= 11 is 0. The van der Waals surface area contributed by atoms with Crippen molar-refractivity contribution in [1.82, 2.24) is 0 Å². The number of hydrogen-bond donors (Lipinski definition) is 0. The van der Waals surface area contributed by atoms with E-state index in [0.717, 1.165) is 5.69 Å². The van der Waals surface area contributed by atoms with E-state index in [1.54, 1.807) is 0 Å². The lowest BCUT2D eigenvalue weighted by atomic mass is 9.97. The highest BCUT2D eigenvalue weighted by atomic mass is 14.7. The summed E-state index contributed by atoms with van der Waals surface area (Å²) in [7, 11) is 0. The van der Waals surface area contributed by atoms with Gasteiger partial charge in [-0.15, -0.1) is 0 Å². The summed E-state index contributed by atoms with van der Waals surface area (Å²) in [6, 6.07) is 25.6. The zero-order valence-corrected chi connectivity index (χ0v) is 14.0. The van der Waals surface area contributed by atoms with Crippen LogP contribution in [0.25, 0.3) is 21.5 Å². The molecule has 0 saturated heterocycles. The molecule has 0 N–H and O–H groups in total. The van der Waals surface area contributed by atoms with Gasteiger partial charge in [-0.05, 0) is 52.6 Å². The van der Waals surface area contributed by atoms with Gasteiger partial charge in [0.15, 0.2) is 0 Å². The molecule has 4 rings (SSSR count). The molecule has 0 spiro atoms. The standard InChI is InChI=1S/C23H19N/c1-16-8-7-9-17(2)23(16)24-15-22-20-12-5-3-10-18(20)14-19-11-4-6-13-21(19)22/h3-15H,1-2H3. The van der Waals surface area contributed by atoms with Gasteiger partial charge in [-0.2, -0.15) is 0 Å². The Kier molecular flexibility index (Phi) is 3.62. The number of nitrogens with zero attached hydrogens (tertiary/aromatic N) is 1. The Balaban J connectivity index is 1.99. The first-order valence-corrected chi connectivity index (χ1v) is 8.25. The highest BCUT2D eigenvalue weighted by Crippen LogP contribution is 2.29. The highest BCUT2D eigenvalue weighted by Gasteiger charge is 2.06. The van der Waals surface area contributed by atoms with E-state index in [2.05, 4.69) is 86.6 Å². The lowest BCUT2D eigenvalue weighted by molar-refractivity contribution is 1.33. The van der Waals surface area contributed by atoms with Gasteiger partial charge in [-0.1, -0.05) is 66.7 Å². The van der Waals surface area contributed by atoms with Gasteiger partial charge in [0.2, 0.25) is 0 Å². The van der Waals surface area contributed by atoms with Gasteiger partial charge in [-0.25, -0.2) is 0 Å². The molecule has 0 aliphatic heterocycles. The van der Waals surface area contributed by atoms with Crippen LogP contribution in [-0.4, -0.2) is 6.21 Å². The topological polar surface area (TPSA) is 12.4 Å². The molecule has 1 heteroatoms. The molecule has 0 saturated carbocycles. The number of fused-ring (bicyclic) bond motifs is 2. The van der Waals surface area contributed by atoms with Gasteiger partial charge in [0.1, 0.15) is 0 Å². The minimum Gasteiger partial charge on any atom is -0.256 e. The van der Waals surface area contributed by atoms with Gasteiger partial charge >= 0.3 is 0 Å². The number of hydrogen-bond acceptors (Lipinski definition) is 1. The van der Waals surface area contributed by atoms with E-state index in [1.807, 2.05) is 6.21 Å². The fraction of sp³-hybridized carbons (Fsp3) is 0.0870. The van der Waals surface area contributed by atoms with E-state index in [-0.39, 0.29) is 0 Å². The number of aliphatic imine (C=N–C) groups is 1. The summed E-state index contributed by atoms with van der Waals surface area (Å²) in [4.78, 5) is 4.85. The first-order valence-electron chi connectivity index (χ1n) is 8.25. The van der Waals surface area contributed by atoms with Crippen molar-refractivity contribution < 1.29 is 0 Å². The Bertz CT molecular complexity index is 1000. The van der Waals surface area contributed by atoms with Crippen molar-refractivity contribution >= 4 is 33.4 Å². The number of aryl methyl sites for hydroxylation is 2. The van der Waals surface area contributed by atoms with Crippen LogP contribution in [0.2, 0.25) is 0 Å². The normalized spacial score (nSPS) is 11.6. The summed E-state index contributed by atoms with van der Waals surface area (Å²) in [6.07, 6.45) is 2.03. The Morgan fingerprint density at radius 3 is 1.79 bits per heavy atom. The van der Waals surface area contributed by atoms with E-state index in [0.29, 0.717) is 0 Å². The van der Waals surface area contributed by atoms with Crippen molar-refractivity contribution in [3.05, 3.63) is 89.5 Å². The fourth-order valence-electron chi connectivity index (χ4n) is 3.33. The summed E-state index contributed by atoms with van der Waals surface area (Å²) < 4.78 is 0. The summed E-state index contributed by atoms with van der Waals surface area (Å²) in [5.41, 5.74) is 4.66. The van der Waals surface area contributed by atoms with Crippen LogP contribution in [0.5, 0.6) is 0 Å². The van der Waals surface area contributed by atoms with Crippen LogP contribution >= 0.6 is 0 Å². The summed E-state index contributed by atoms with van der Waals surface area (Å²) in [5.74, 6) is 0. The van der Waals surface area contributed by atoms with Crippen molar-refractivity contribution in [2.24, 2.45) is 4.99 Å². The van der Waals surface area contributed by atoms with Crippen LogP contribution in [0.1, 0.15) is 16.7 Å². The van der Waals surface area contributed by atoms with E-state index in [1.165, 1.54) is 38.2 Å². The quantitative estimate of drug-likeness (QED) is 0.302. The minimum atomic E-state index is 1.06. The van der Waals surface area contributed by atoms with Crippen molar-refractivity contribution in [3.8, 4) is 0 Å². The maximum Gasteiger partial charge on any atom is 0.0688 e. The second-order valence-electron chi connectivity index (χ2n) is 6.23. The lowest BCUT2D eigenvalue weighted by Gasteiger charge is -2.09. The third-order valence-electron chi connectivity index (χ3n) is 4.58. The zero-order chi connectivity index (χ0) is 16.5. The van der Waals surface area contributed by atoms with Gasteiger partial charge in [0.05, 0.1) is 5.69 Å².